The van der Waals surface area contributed by atoms with E-state index in [1.807, 2.05) is 54.8 Å². The van der Waals surface area contributed by atoms with Crippen LogP contribution in [0.1, 0.15) is 23.7 Å². The molecule has 2 aromatic rings. The van der Waals surface area contributed by atoms with Crippen molar-refractivity contribution in [3.8, 4) is 0 Å². The van der Waals surface area contributed by atoms with Gasteiger partial charge in [0.2, 0.25) is 5.91 Å². The van der Waals surface area contributed by atoms with Crippen molar-refractivity contribution < 1.29 is 4.79 Å². The number of thioether (sulfide) groups is 1. The van der Waals surface area contributed by atoms with Crippen molar-refractivity contribution in [1.82, 2.24) is 10.3 Å². The molecular weight excluding hydrogens is 268 g/mol. The lowest BCUT2D eigenvalue weighted by Gasteiger charge is -2.18. The van der Waals surface area contributed by atoms with Crippen molar-refractivity contribution >= 4 is 17.7 Å². The fourth-order valence-electron chi connectivity index (χ4n) is 1.95. The lowest BCUT2D eigenvalue weighted by Crippen LogP contribution is -2.30. The summed E-state index contributed by atoms with van der Waals surface area (Å²) in [4.78, 5) is 16.4. The van der Waals surface area contributed by atoms with Gasteiger partial charge in [-0.1, -0.05) is 36.4 Å². The van der Waals surface area contributed by atoms with Gasteiger partial charge in [0.1, 0.15) is 0 Å². The Balaban J connectivity index is 2.19. The van der Waals surface area contributed by atoms with Gasteiger partial charge in [0.15, 0.2) is 0 Å². The number of rotatable bonds is 6. The minimum atomic E-state index is -0.188. The highest BCUT2D eigenvalue weighted by Gasteiger charge is 2.17. The number of hydrogen-bond donors (Lipinski definition) is 1. The second-order valence-corrected chi connectivity index (χ2v) is 5.39. The fourth-order valence-corrected chi connectivity index (χ4v) is 2.34. The average Bonchev–Trinajstić information content (AvgIpc) is 2.52. The first kappa shape index (κ1) is 14.6. The fraction of sp³-hybridized carbons (Fsp3) is 0.250. The van der Waals surface area contributed by atoms with E-state index in [0.29, 0.717) is 6.42 Å². The molecule has 2 rings (SSSR count). The molecule has 0 spiro atoms. The van der Waals surface area contributed by atoms with E-state index < -0.39 is 0 Å². The van der Waals surface area contributed by atoms with Gasteiger partial charge in [0.25, 0.3) is 0 Å². The molecule has 104 valence electrons. The van der Waals surface area contributed by atoms with Crippen molar-refractivity contribution in [2.45, 2.75) is 12.5 Å². The van der Waals surface area contributed by atoms with Crippen LogP contribution in [0.5, 0.6) is 0 Å². The van der Waals surface area contributed by atoms with Crippen molar-refractivity contribution in [2.24, 2.45) is 0 Å². The molecule has 1 unspecified atom stereocenters. The highest BCUT2D eigenvalue weighted by atomic mass is 32.2. The highest BCUT2D eigenvalue weighted by molar-refractivity contribution is 7.98. The summed E-state index contributed by atoms with van der Waals surface area (Å²) in [5.74, 6) is 0.883. The van der Waals surface area contributed by atoms with E-state index in [-0.39, 0.29) is 11.9 Å². The molecule has 1 amide bonds. The zero-order chi connectivity index (χ0) is 14.2. The van der Waals surface area contributed by atoms with Gasteiger partial charge < -0.3 is 5.32 Å². The molecule has 0 aliphatic carbocycles. The number of nitrogens with zero attached hydrogens (tertiary/aromatic N) is 1. The molecule has 1 atom stereocenters. The third-order valence-corrected chi connectivity index (χ3v) is 3.57. The summed E-state index contributed by atoms with van der Waals surface area (Å²) in [6.45, 7) is 0. The lowest BCUT2D eigenvalue weighted by atomic mass is 10.0. The topological polar surface area (TPSA) is 42.0 Å². The molecule has 1 aromatic heterocycles. The monoisotopic (exact) mass is 286 g/mol. The summed E-state index contributed by atoms with van der Waals surface area (Å²) in [5.41, 5.74) is 1.90. The van der Waals surface area contributed by atoms with Crippen LogP contribution in [-0.4, -0.2) is 22.9 Å². The lowest BCUT2D eigenvalue weighted by molar-refractivity contribution is -0.121. The molecule has 0 bridgehead atoms. The summed E-state index contributed by atoms with van der Waals surface area (Å²) < 4.78 is 0. The summed E-state index contributed by atoms with van der Waals surface area (Å²) in [5, 5.41) is 3.07. The molecule has 0 aliphatic rings. The van der Waals surface area contributed by atoms with Gasteiger partial charge in [0.05, 0.1) is 11.7 Å². The van der Waals surface area contributed by atoms with Crippen LogP contribution < -0.4 is 5.32 Å². The number of carbonyl (C=O) groups is 1. The number of benzene rings is 1. The Morgan fingerprint density at radius 2 is 1.95 bits per heavy atom. The zero-order valence-corrected chi connectivity index (χ0v) is 12.3. The molecule has 0 aliphatic heterocycles. The third-order valence-electron chi connectivity index (χ3n) is 2.96. The SMILES string of the molecule is CSCCC(=O)NC(c1ccccc1)c1ccccn1. The molecule has 1 N–H and O–H groups in total. The number of hydrogen-bond acceptors (Lipinski definition) is 3. The van der Waals surface area contributed by atoms with E-state index in [4.69, 9.17) is 0 Å². The second-order valence-electron chi connectivity index (χ2n) is 4.41. The molecule has 0 fully saturated rings. The number of pyridine rings is 1. The first-order valence-corrected chi connectivity index (χ1v) is 7.95. The van der Waals surface area contributed by atoms with Gasteiger partial charge in [-0.2, -0.15) is 11.8 Å². The molecule has 0 saturated heterocycles. The predicted molar refractivity (Wildman–Crippen MR) is 83.7 cm³/mol. The maximum absolute atomic E-state index is 12.0. The quantitative estimate of drug-likeness (QED) is 0.887. The molecule has 0 saturated carbocycles. The Kier molecular flexibility index (Phi) is 5.62. The van der Waals surface area contributed by atoms with Crippen LogP contribution in [0.4, 0.5) is 0 Å². The Hall–Kier alpha value is -1.81. The van der Waals surface area contributed by atoms with Crippen molar-refractivity contribution in [3.63, 3.8) is 0 Å². The van der Waals surface area contributed by atoms with Crippen molar-refractivity contribution in [1.29, 1.82) is 0 Å². The van der Waals surface area contributed by atoms with Gasteiger partial charge in [-0.05, 0) is 24.0 Å². The van der Waals surface area contributed by atoms with E-state index in [2.05, 4.69) is 10.3 Å². The number of nitrogens with one attached hydrogen (secondary N) is 1. The molecule has 3 nitrogen and oxygen atoms in total. The Morgan fingerprint density at radius 1 is 1.20 bits per heavy atom. The van der Waals surface area contributed by atoms with Crippen molar-refractivity contribution in [2.75, 3.05) is 12.0 Å². The normalized spacial score (nSPS) is 11.8. The minimum absolute atomic E-state index is 0.0545. The van der Waals surface area contributed by atoms with Crippen LogP contribution in [0, 0.1) is 0 Å². The van der Waals surface area contributed by atoms with E-state index in [0.717, 1.165) is 17.0 Å². The molecule has 1 heterocycles. The predicted octanol–water partition coefficient (Wildman–Crippen LogP) is 3.04. The summed E-state index contributed by atoms with van der Waals surface area (Å²) >= 11 is 1.67. The first-order chi connectivity index (χ1) is 9.81. The van der Waals surface area contributed by atoms with Crippen LogP contribution in [0.2, 0.25) is 0 Å². The van der Waals surface area contributed by atoms with Crippen LogP contribution in [0.25, 0.3) is 0 Å². The van der Waals surface area contributed by atoms with Crippen LogP contribution >= 0.6 is 11.8 Å². The second kappa shape index (κ2) is 7.70. The summed E-state index contributed by atoms with van der Waals surface area (Å²) in [6.07, 6.45) is 4.28. The van der Waals surface area contributed by atoms with Gasteiger partial charge in [-0.3, -0.25) is 9.78 Å². The summed E-state index contributed by atoms with van der Waals surface area (Å²) in [7, 11) is 0. The molecule has 0 radical (unpaired) electrons. The number of carbonyl (C=O) groups excluding carboxylic acids is 1. The van der Waals surface area contributed by atoms with Crippen molar-refractivity contribution in [3.05, 3.63) is 66.0 Å². The minimum Gasteiger partial charge on any atom is -0.344 e. The zero-order valence-electron chi connectivity index (χ0n) is 11.5. The van der Waals surface area contributed by atoms with Gasteiger partial charge in [-0.25, -0.2) is 0 Å². The third kappa shape index (κ3) is 4.10. The molecular formula is C16H18N2OS. The van der Waals surface area contributed by atoms with Gasteiger partial charge >= 0.3 is 0 Å². The van der Waals surface area contributed by atoms with E-state index in [1.54, 1.807) is 18.0 Å². The Labute approximate surface area is 123 Å². The van der Waals surface area contributed by atoms with E-state index in [9.17, 15) is 4.79 Å². The smallest absolute Gasteiger partial charge is 0.221 e. The van der Waals surface area contributed by atoms with Crippen LogP contribution in [0.3, 0.4) is 0 Å². The number of aromatic nitrogens is 1. The average molecular weight is 286 g/mol. The maximum Gasteiger partial charge on any atom is 0.221 e. The molecule has 1 aromatic carbocycles. The molecule has 20 heavy (non-hydrogen) atoms. The van der Waals surface area contributed by atoms with E-state index >= 15 is 0 Å². The van der Waals surface area contributed by atoms with Gasteiger partial charge in [-0.15, -0.1) is 0 Å². The Morgan fingerprint density at radius 3 is 2.60 bits per heavy atom. The Bertz CT molecular complexity index is 491. The standard InChI is InChI=1S/C16H18N2OS/c1-20-12-10-15(19)18-16(13-7-3-2-4-8-13)14-9-5-6-11-17-14/h2-9,11,16H,10,12H2,1H3,(H,18,19). The highest BCUT2D eigenvalue weighted by Crippen LogP contribution is 2.20. The van der Waals surface area contributed by atoms with Gasteiger partial charge in [0, 0.05) is 18.4 Å². The van der Waals surface area contributed by atoms with E-state index in [1.165, 1.54) is 0 Å². The molecule has 4 heteroatoms. The number of amides is 1. The largest absolute Gasteiger partial charge is 0.344 e. The van der Waals surface area contributed by atoms with Crippen LogP contribution in [-0.2, 0) is 4.79 Å². The summed E-state index contributed by atoms with van der Waals surface area (Å²) in [6, 6.07) is 15.5. The van der Waals surface area contributed by atoms with Crippen LogP contribution in [0.15, 0.2) is 54.7 Å². The first-order valence-electron chi connectivity index (χ1n) is 6.55. The maximum atomic E-state index is 12.0.